The van der Waals surface area contributed by atoms with Gasteiger partial charge in [0.05, 0.1) is 32.2 Å². The second-order valence-corrected chi connectivity index (χ2v) is 11.2. The van der Waals surface area contributed by atoms with Gasteiger partial charge in [0.15, 0.2) is 16.3 Å². The number of esters is 1. The summed E-state index contributed by atoms with van der Waals surface area (Å²) in [5, 5.41) is 0. The van der Waals surface area contributed by atoms with Gasteiger partial charge in [0.1, 0.15) is 0 Å². The van der Waals surface area contributed by atoms with E-state index in [9.17, 15) is 9.59 Å². The number of nitrogens with zero attached hydrogens (tertiary/aromatic N) is 2. The Kier molecular flexibility index (Phi) is 6.46. The van der Waals surface area contributed by atoms with Gasteiger partial charge in [-0.3, -0.25) is 9.36 Å². The van der Waals surface area contributed by atoms with E-state index in [1.54, 1.807) is 28.9 Å². The van der Waals surface area contributed by atoms with Crippen LogP contribution in [0.15, 0.2) is 55.2 Å². The summed E-state index contributed by atoms with van der Waals surface area (Å²) in [6.45, 7) is 4.17. The standard InChI is InChI=1S/C24H21BrN2O5S2/c1-3-5-15-20(23(29)30-4-2)21(13-6-8-16-17(10-13)32-12-31-16)27-22(28)18(34-24(27)26-15)11-14-7-9-19(25)33-14/h6-11,21H,3-5,12H2,1-2H3/b18-11+/t21-/m0/s1. The Balaban J connectivity index is 1.76. The predicted octanol–water partition coefficient (Wildman–Crippen LogP) is 4.13. The Morgan fingerprint density at radius 2 is 2.06 bits per heavy atom. The molecule has 176 valence electrons. The number of halogens is 1. The Bertz CT molecular complexity index is 1480. The number of benzene rings is 1. The normalized spacial score (nSPS) is 17.0. The molecule has 0 saturated heterocycles. The van der Waals surface area contributed by atoms with Crippen LogP contribution < -0.4 is 24.4 Å². The summed E-state index contributed by atoms with van der Waals surface area (Å²) < 4.78 is 19.6. The molecule has 0 fully saturated rings. The van der Waals surface area contributed by atoms with Gasteiger partial charge in [0, 0.05) is 4.88 Å². The zero-order valence-corrected chi connectivity index (χ0v) is 21.7. The molecule has 4 heterocycles. The van der Waals surface area contributed by atoms with Crippen LogP contribution in [0.1, 0.15) is 43.2 Å². The van der Waals surface area contributed by atoms with E-state index in [1.165, 1.54) is 11.3 Å². The van der Waals surface area contributed by atoms with Crippen molar-refractivity contribution in [1.29, 1.82) is 0 Å². The molecule has 0 N–H and O–H groups in total. The van der Waals surface area contributed by atoms with Gasteiger partial charge in [-0.2, -0.15) is 0 Å². The molecule has 0 saturated carbocycles. The zero-order valence-electron chi connectivity index (χ0n) is 18.5. The summed E-state index contributed by atoms with van der Waals surface area (Å²) in [6.07, 6.45) is 3.26. The van der Waals surface area contributed by atoms with E-state index >= 15 is 0 Å². The predicted molar refractivity (Wildman–Crippen MR) is 134 cm³/mol. The number of ether oxygens (including phenoxy) is 3. The fraction of sp³-hybridized carbons (Fsp3) is 0.292. The lowest BCUT2D eigenvalue weighted by Crippen LogP contribution is -2.40. The monoisotopic (exact) mass is 560 g/mol. The minimum atomic E-state index is -0.677. The van der Waals surface area contributed by atoms with E-state index in [0.29, 0.717) is 38.5 Å². The molecule has 34 heavy (non-hydrogen) atoms. The van der Waals surface area contributed by atoms with Crippen molar-refractivity contribution in [1.82, 2.24) is 4.57 Å². The highest BCUT2D eigenvalue weighted by molar-refractivity contribution is 9.11. The number of hydrogen-bond acceptors (Lipinski definition) is 8. The van der Waals surface area contributed by atoms with Crippen molar-refractivity contribution in [2.45, 2.75) is 32.7 Å². The number of carbonyl (C=O) groups is 1. The van der Waals surface area contributed by atoms with E-state index < -0.39 is 12.0 Å². The number of hydrogen-bond donors (Lipinski definition) is 0. The lowest BCUT2D eigenvalue weighted by molar-refractivity contribution is -0.139. The molecule has 0 spiro atoms. The number of aromatic nitrogens is 1. The van der Waals surface area contributed by atoms with Gasteiger partial charge in [-0.25, -0.2) is 9.79 Å². The maximum Gasteiger partial charge on any atom is 0.338 e. The van der Waals surface area contributed by atoms with E-state index in [-0.39, 0.29) is 19.0 Å². The molecule has 0 aliphatic carbocycles. The van der Waals surface area contributed by atoms with Crippen LogP contribution in [0.5, 0.6) is 11.5 Å². The van der Waals surface area contributed by atoms with Crippen molar-refractivity contribution in [3.05, 3.63) is 75.5 Å². The number of fused-ring (bicyclic) bond motifs is 2. The molecule has 0 unspecified atom stereocenters. The summed E-state index contributed by atoms with van der Waals surface area (Å²) in [6, 6.07) is 8.72. The van der Waals surface area contributed by atoms with Gasteiger partial charge >= 0.3 is 5.97 Å². The molecule has 2 aliphatic heterocycles. The lowest BCUT2D eigenvalue weighted by atomic mass is 9.94. The number of thiazole rings is 1. The highest BCUT2D eigenvalue weighted by Gasteiger charge is 2.35. The summed E-state index contributed by atoms with van der Waals surface area (Å²) in [5.41, 5.74) is 1.58. The largest absolute Gasteiger partial charge is 0.463 e. The zero-order chi connectivity index (χ0) is 23.8. The topological polar surface area (TPSA) is 79.1 Å². The van der Waals surface area contributed by atoms with Gasteiger partial charge in [-0.05, 0) is 65.2 Å². The number of carbonyl (C=O) groups excluding carboxylic acids is 1. The van der Waals surface area contributed by atoms with Crippen molar-refractivity contribution in [2.24, 2.45) is 4.99 Å². The van der Waals surface area contributed by atoms with Crippen molar-refractivity contribution < 1.29 is 19.0 Å². The van der Waals surface area contributed by atoms with Crippen LogP contribution in [-0.2, 0) is 9.53 Å². The SMILES string of the molecule is CCCC1=C(C(=O)OCC)[C@H](c2ccc3c(c2)OCO3)n2c(s/c(=C/c3ccc(Br)s3)c2=O)=N1. The minimum Gasteiger partial charge on any atom is -0.463 e. The van der Waals surface area contributed by atoms with Crippen LogP contribution in [0.3, 0.4) is 0 Å². The second-order valence-electron chi connectivity index (χ2n) is 7.67. The first-order valence-electron chi connectivity index (χ1n) is 10.9. The van der Waals surface area contributed by atoms with Crippen LogP contribution >= 0.6 is 38.6 Å². The Labute approximate surface area is 211 Å². The summed E-state index contributed by atoms with van der Waals surface area (Å²) in [7, 11) is 0. The number of allylic oxidation sites excluding steroid dienone is 1. The fourth-order valence-corrected chi connectivity index (χ4v) is 6.51. The molecule has 7 nitrogen and oxygen atoms in total. The molecule has 3 aromatic rings. The van der Waals surface area contributed by atoms with E-state index in [4.69, 9.17) is 19.2 Å². The van der Waals surface area contributed by atoms with Crippen LogP contribution in [0, 0.1) is 0 Å². The molecule has 0 amide bonds. The third-order valence-electron chi connectivity index (χ3n) is 5.47. The summed E-state index contributed by atoms with van der Waals surface area (Å²) in [5.74, 6) is 0.754. The molecular formula is C24H21BrN2O5S2. The van der Waals surface area contributed by atoms with Crippen molar-refractivity contribution in [3.8, 4) is 11.5 Å². The fourth-order valence-electron chi connectivity index (χ4n) is 4.05. The first-order chi connectivity index (χ1) is 16.5. The average Bonchev–Trinajstić information content (AvgIpc) is 3.52. The van der Waals surface area contributed by atoms with Gasteiger partial charge in [-0.1, -0.05) is 30.7 Å². The maximum atomic E-state index is 13.7. The first-order valence-corrected chi connectivity index (χ1v) is 13.3. The third-order valence-corrected chi connectivity index (χ3v) is 8.03. The Morgan fingerprint density at radius 1 is 1.24 bits per heavy atom. The number of rotatable bonds is 6. The summed E-state index contributed by atoms with van der Waals surface area (Å²) in [4.78, 5) is 33.2. The second kappa shape index (κ2) is 9.52. The smallest absolute Gasteiger partial charge is 0.338 e. The number of thiophene rings is 1. The van der Waals surface area contributed by atoms with E-state index in [0.717, 1.165) is 20.6 Å². The lowest BCUT2D eigenvalue weighted by Gasteiger charge is -2.25. The van der Waals surface area contributed by atoms with E-state index in [1.807, 2.05) is 37.3 Å². The van der Waals surface area contributed by atoms with Crippen LogP contribution in [0.2, 0.25) is 0 Å². The Hall–Kier alpha value is -2.69. The molecule has 1 atom stereocenters. The van der Waals surface area contributed by atoms with E-state index in [2.05, 4.69) is 15.9 Å². The average molecular weight is 561 g/mol. The molecule has 5 rings (SSSR count). The van der Waals surface area contributed by atoms with Crippen molar-refractivity contribution in [3.63, 3.8) is 0 Å². The molecule has 2 aliphatic rings. The minimum absolute atomic E-state index is 0.138. The Morgan fingerprint density at radius 3 is 2.79 bits per heavy atom. The van der Waals surface area contributed by atoms with Gasteiger partial charge in [0.2, 0.25) is 6.79 Å². The van der Waals surface area contributed by atoms with Crippen LogP contribution in [-0.4, -0.2) is 23.9 Å². The molecule has 2 aromatic heterocycles. The first kappa shape index (κ1) is 23.1. The molecule has 0 bridgehead atoms. The molecule has 0 radical (unpaired) electrons. The highest BCUT2D eigenvalue weighted by atomic mass is 79.9. The molecule has 10 heteroatoms. The van der Waals surface area contributed by atoms with Gasteiger partial charge in [-0.15, -0.1) is 11.3 Å². The van der Waals surface area contributed by atoms with Crippen molar-refractivity contribution in [2.75, 3.05) is 13.4 Å². The molecule has 1 aromatic carbocycles. The highest BCUT2D eigenvalue weighted by Crippen LogP contribution is 2.38. The van der Waals surface area contributed by atoms with Gasteiger partial charge < -0.3 is 14.2 Å². The summed E-state index contributed by atoms with van der Waals surface area (Å²) >= 11 is 6.34. The van der Waals surface area contributed by atoms with Crippen molar-refractivity contribution >= 4 is 50.6 Å². The quantitative estimate of drug-likeness (QED) is 0.423. The molecular weight excluding hydrogens is 540 g/mol. The van der Waals surface area contributed by atoms with Crippen LogP contribution in [0.25, 0.3) is 6.08 Å². The third kappa shape index (κ3) is 4.14. The van der Waals surface area contributed by atoms with Gasteiger partial charge in [0.25, 0.3) is 5.56 Å². The van der Waals surface area contributed by atoms with Crippen LogP contribution in [0.4, 0.5) is 0 Å². The maximum absolute atomic E-state index is 13.7.